The van der Waals surface area contributed by atoms with Crippen molar-refractivity contribution in [1.29, 1.82) is 5.41 Å². The summed E-state index contributed by atoms with van der Waals surface area (Å²) in [7, 11) is 4.08. The number of nitrogens with one attached hydrogen (secondary N) is 1. The van der Waals surface area contributed by atoms with Gasteiger partial charge >= 0.3 is 5.97 Å². The van der Waals surface area contributed by atoms with Crippen LogP contribution in [0.5, 0.6) is 5.75 Å². The van der Waals surface area contributed by atoms with Gasteiger partial charge in [0, 0.05) is 17.0 Å². The van der Waals surface area contributed by atoms with Crippen LogP contribution in [-0.4, -0.2) is 42.5 Å². The van der Waals surface area contributed by atoms with E-state index < -0.39 is 5.97 Å². The number of nitrogens with zero attached hydrogens (tertiary/aromatic N) is 1. The second-order valence-corrected chi connectivity index (χ2v) is 6.61. The van der Waals surface area contributed by atoms with Gasteiger partial charge < -0.3 is 14.7 Å². The standard InChI is InChI=1S/C20H22N2O3/c1-22(2)10-9-15-14-5-3-4-6-17(14)20(21)25-18-11-13(12-19(23)24)7-8-16(15)18/h3-8,11,15,21H,9-10,12H2,1-2H3,(H,23,24). The van der Waals surface area contributed by atoms with Gasteiger partial charge in [0.2, 0.25) is 5.90 Å². The van der Waals surface area contributed by atoms with Crippen LogP contribution in [0.2, 0.25) is 0 Å². The van der Waals surface area contributed by atoms with E-state index in [2.05, 4.69) is 4.90 Å². The normalized spacial score (nSPS) is 16.0. The highest BCUT2D eigenvalue weighted by Crippen LogP contribution is 2.39. The molecule has 0 radical (unpaired) electrons. The maximum atomic E-state index is 11.0. The number of aliphatic carboxylic acids is 1. The predicted octanol–water partition coefficient (Wildman–Crippen LogP) is 3.12. The maximum Gasteiger partial charge on any atom is 0.307 e. The number of rotatable bonds is 5. The molecule has 0 aromatic heterocycles. The van der Waals surface area contributed by atoms with Crippen LogP contribution in [0, 0.1) is 5.41 Å². The van der Waals surface area contributed by atoms with Gasteiger partial charge in [-0.25, -0.2) is 0 Å². The third kappa shape index (κ3) is 3.72. The maximum absolute atomic E-state index is 11.0. The highest BCUT2D eigenvalue weighted by Gasteiger charge is 2.27. The van der Waals surface area contributed by atoms with E-state index in [1.54, 1.807) is 6.07 Å². The molecule has 1 aliphatic heterocycles. The van der Waals surface area contributed by atoms with Crippen LogP contribution >= 0.6 is 0 Å². The van der Waals surface area contributed by atoms with Gasteiger partial charge in [-0.1, -0.05) is 30.3 Å². The molecule has 2 aromatic rings. The molecular formula is C20H22N2O3. The fourth-order valence-corrected chi connectivity index (χ4v) is 3.28. The summed E-state index contributed by atoms with van der Waals surface area (Å²) < 4.78 is 5.82. The molecule has 2 aromatic carbocycles. The zero-order chi connectivity index (χ0) is 18.0. The Labute approximate surface area is 147 Å². The van der Waals surface area contributed by atoms with Gasteiger partial charge in [0.25, 0.3) is 0 Å². The zero-order valence-electron chi connectivity index (χ0n) is 14.5. The predicted molar refractivity (Wildman–Crippen MR) is 96.7 cm³/mol. The second-order valence-electron chi connectivity index (χ2n) is 6.61. The number of carboxylic acids is 1. The number of hydrogen-bond acceptors (Lipinski definition) is 4. The molecule has 1 aliphatic rings. The molecule has 2 N–H and O–H groups in total. The molecule has 5 nitrogen and oxygen atoms in total. The second kappa shape index (κ2) is 7.07. The van der Waals surface area contributed by atoms with Crippen molar-refractivity contribution in [2.45, 2.75) is 18.8 Å². The van der Waals surface area contributed by atoms with E-state index in [0.717, 1.165) is 29.7 Å². The Balaban J connectivity index is 2.08. The van der Waals surface area contributed by atoms with E-state index in [0.29, 0.717) is 11.3 Å². The number of ether oxygens (including phenoxy) is 1. The number of benzene rings is 2. The zero-order valence-corrected chi connectivity index (χ0v) is 14.5. The molecule has 0 bridgehead atoms. The summed E-state index contributed by atoms with van der Waals surface area (Å²) >= 11 is 0. The fraction of sp³-hybridized carbons (Fsp3) is 0.300. The third-order valence-electron chi connectivity index (χ3n) is 4.47. The Morgan fingerprint density at radius 1 is 1.20 bits per heavy atom. The Morgan fingerprint density at radius 2 is 1.96 bits per heavy atom. The summed E-state index contributed by atoms with van der Waals surface area (Å²) in [5.41, 5.74) is 3.56. The van der Waals surface area contributed by atoms with Crippen molar-refractivity contribution < 1.29 is 14.6 Å². The summed E-state index contributed by atoms with van der Waals surface area (Å²) in [6.07, 6.45) is 0.839. The Bertz CT molecular complexity index is 814. The molecule has 0 spiro atoms. The van der Waals surface area contributed by atoms with Crippen molar-refractivity contribution in [1.82, 2.24) is 4.90 Å². The molecule has 0 fully saturated rings. The van der Waals surface area contributed by atoms with E-state index in [1.165, 1.54) is 0 Å². The van der Waals surface area contributed by atoms with Gasteiger partial charge in [-0.15, -0.1) is 0 Å². The van der Waals surface area contributed by atoms with Crippen molar-refractivity contribution in [3.05, 3.63) is 64.7 Å². The largest absolute Gasteiger partial charge is 0.481 e. The quantitative estimate of drug-likeness (QED) is 0.878. The van der Waals surface area contributed by atoms with E-state index in [4.69, 9.17) is 15.3 Å². The lowest BCUT2D eigenvalue weighted by Gasteiger charge is -2.21. The summed E-state index contributed by atoms with van der Waals surface area (Å²) in [4.78, 5) is 13.1. The van der Waals surface area contributed by atoms with Crippen molar-refractivity contribution in [3.8, 4) is 5.75 Å². The molecular weight excluding hydrogens is 316 g/mol. The smallest absolute Gasteiger partial charge is 0.307 e. The molecule has 0 saturated carbocycles. The molecule has 5 heteroatoms. The molecule has 1 atom stereocenters. The van der Waals surface area contributed by atoms with E-state index in [1.807, 2.05) is 50.5 Å². The van der Waals surface area contributed by atoms with Crippen LogP contribution in [0.25, 0.3) is 0 Å². The molecule has 1 unspecified atom stereocenters. The van der Waals surface area contributed by atoms with E-state index in [-0.39, 0.29) is 18.2 Å². The first-order valence-electron chi connectivity index (χ1n) is 8.30. The summed E-state index contributed by atoms with van der Waals surface area (Å²) in [5.74, 6) is -0.0770. The number of carboxylic acid groups (broad SMARTS) is 1. The topological polar surface area (TPSA) is 73.6 Å². The average molecular weight is 338 g/mol. The van der Waals surface area contributed by atoms with Gasteiger partial charge in [-0.3, -0.25) is 10.2 Å². The molecule has 0 aliphatic carbocycles. The minimum absolute atomic E-state index is 0.0563. The number of fused-ring (bicyclic) bond motifs is 2. The minimum Gasteiger partial charge on any atom is -0.481 e. The molecule has 0 amide bonds. The van der Waals surface area contributed by atoms with Gasteiger partial charge in [-0.2, -0.15) is 0 Å². The van der Waals surface area contributed by atoms with Crippen LogP contribution in [0.4, 0.5) is 0 Å². The Hall–Kier alpha value is -2.66. The van der Waals surface area contributed by atoms with Crippen LogP contribution in [0.1, 0.15) is 34.6 Å². The highest BCUT2D eigenvalue weighted by atomic mass is 16.5. The average Bonchev–Trinajstić information content (AvgIpc) is 2.67. The van der Waals surface area contributed by atoms with Crippen molar-refractivity contribution >= 4 is 11.9 Å². The number of carbonyl (C=O) groups is 1. The first-order valence-corrected chi connectivity index (χ1v) is 8.30. The van der Waals surface area contributed by atoms with Gasteiger partial charge in [0.05, 0.1) is 6.42 Å². The monoisotopic (exact) mass is 338 g/mol. The van der Waals surface area contributed by atoms with Crippen LogP contribution in [0.15, 0.2) is 42.5 Å². The van der Waals surface area contributed by atoms with Crippen molar-refractivity contribution in [2.75, 3.05) is 20.6 Å². The van der Waals surface area contributed by atoms with Crippen molar-refractivity contribution in [2.24, 2.45) is 0 Å². The fourth-order valence-electron chi connectivity index (χ4n) is 3.28. The van der Waals surface area contributed by atoms with Crippen molar-refractivity contribution in [3.63, 3.8) is 0 Å². The minimum atomic E-state index is -0.879. The van der Waals surface area contributed by atoms with Crippen LogP contribution < -0.4 is 4.74 Å². The van der Waals surface area contributed by atoms with Gasteiger partial charge in [-0.05, 0) is 50.3 Å². The highest BCUT2D eigenvalue weighted by molar-refractivity contribution is 5.96. The van der Waals surface area contributed by atoms with Gasteiger partial charge in [0.1, 0.15) is 5.75 Å². The SMILES string of the molecule is CN(C)CCC1c2ccc(CC(=O)O)cc2OC(=N)c2ccccc21. The first-order chi connectivity index (χ1) is 12.0. The summed E-state index contributed by atoms with van der Waals surface area (Å²) in [6.45, 7) is 0.905. The molecule has 25 heavy (non-hydrogen) atoms. The first kappa shape index (κ1) is 17.2. The molecule has 130 valence electrons. The third-order valence-corrected chi connectivity index (χ3v) is 4.47. The van der Waals surface area contributed by atoms with Gasteiger partial charge in [0.15, 0.2) is 0 Å². The van der Waals surface area contributed by atoms with E-state index in [9.17, 15) is 4.79 Å². The lowest BCUT2D eigenvalue weighted by Crippen LogP contribution is -2.17. The molecule has 1 heterocycles. The molecule has 3 rings (SSSR count). The summed E-state index contributed by atoms with van der Waals surface area (Å²) in [6, 6.07) is 13.4. The summed E-state index contributed by atoms with van der Waals surface area (Å²) in [5, 5.41) is 17.3. The van der Waals surface area contributed by atoms with Crippen LogP contribution in [0.3, 0.4) is 0 Å². The van der Waals surface area contributed by atoms with E-state index >= 15 is 0 Å². The lowest BCUT2D eigenvalue weighted by molar-refractivity contribution is -0.136. The molecule has 0 saturated heterocycles. The Morgan fingerprint density at radius 3 is 2.68 bits per heavy atom. The lowest BCUT2D eigenvalue weighted by atomic mass is 9.85. The van der Waals surface area contributed by atoms with Crippen LogP contribution in [-0.2, 0) is 11.2 Å². The Kier molecular flexibility index (Phi) is 4.86. The number of hydrogen-bond donors (Lipinski definition) is 2.